The SMILES string of the molecule is C[N+]1=CCc2ccccc21. The van der Waals surface area contributed by atoms with Crippen molar-refractivity contribution in [1.82, 2.24) is 0 Å². The Bertz CT molecular complexity index is 287. The number of benzene rings is 1. The maximum Gasteiger partial charge on any atom is 0.208 e. The molecule has 0 atom stereocenters. The van der Waals surface area contributed by atoms with Crippen LogP contribution in [0.3, 0.4) is 0 Å². The average Bonchev–Trinajstić information content (AvgIpc) is 2.34. The smallest absolute Gasteiger partial charge is 0.205 e. The Morgan fingerprint density at radius 2 is 2.10 bits per heavy atom. The van der Waals surface area contributed by atoms with Crippen LogP contribution in [0.25, 0.3) is 0 Å². The molecule has 2 rings (SSSR count). The Balaban J connectivity index is 2.61. The van der Waals surface area contributed by atoms with Crippen LogP contribution in [0.5, 0.6) is 0 Å². The quantitative estimate of drug-likeness (QED) is 0.471. The van der Waals surface area contributed by atoms with Gasteiger partial charge >= 0.3 is 0 Å². The topological polar surface area (TPSA) is 3.01 Å². The van der Waals surface area contributed by atoms with Gasteiger partial charge in [0.15, 0.2) is 0 Å². The van der Waals surface area contributed by atoms with Crippen LogP contribution >= 0.6 is 0 Å². The highest BCUT2D eigenvalue weighted by Gasteiger charge is 2.15. The van der Waals surface area contributed by atoms with Crippen LogP contribution in [0.4, 0.5) is 5.69 Å². The van der Waals surface area contributed by atoms with Crippen LogP contribution in [-0.2, 0) is 6.42 Å². The summed E-state index contributed by atoms with van der Waals surface area (Å²) >= 11 is 0. The van der Waals surface area contributed by atoms with Crippen molar-refractivity contribution in [3.8, 4) is 0 Å². The Morgan fingerprint density at radius 3 is 2.90 bits per heavy atom. The van der Waals surface area contributed by atoms with E-state index in [1.165, 1.54) is 11.3 Å². The Kier molecular flexibility index (Phi) is 1.10. The molecule has 0 saturated heterocycles. The molecule has 0 spiro atoms. The predicted molar refractivity (Wildman–Crippen MR) is 42.1 cm³/mol. The highest BCUT2D eigenvalue weighted by molar-refractivity contribution is 5.66. The molecule has 10 heavy (non-hydrogen) atoms. The minimum Gasteiger partial charge on any atom is -0.205 e. The Hall–Kier alpha value is -1.11. The van der Waals surface area contributed by atoms with Crippen LogP contribution < -0.4 is 0 Å². The van der Waals surface area contributed by atoms with E-state index >= 15 is 0 Å². The maximum atomic E-state index is 2.20. The fourth-order valence-electron chi connectivity index (χ4n) is 1.36. The third kappa shape index (κ3) is 0.670. The molecule has 50 valence electrons. The van der Waals surface area contributed by atoms with E-state index in [4.69, 9.17) is 0 Å². The van der Waals surface area contributed by atoms with Gasteiger partial charge in [0.1, 0.15) is 13.3 Å². The number of fused-ring (bicyclic) bond motifs is 1. The summed E-state index contributed by atoms with van der Waals surface area (Å²) in [6.07, 6.45) is 3.29. The van der Waals surface area contributed by atoms with Crippen molar-refractivity contribution >= 4 is 11.9 Å². The second-order valence-electron chi connectivity index (χ2n) is 2.63. The van der Waals surface area contributed by atoms with Crippen LogP contribution in [0.15, 0.2) is 24.3 Å². The predicted octanol–water partition coefficient (Wildman–Crippen LogP) is 1.59. The van der Waals surface area contributed by atoms with Crippen molar-refractivity contribution in [2.45, 2.75) is 6.42 Å². The van der Waals surface area contributed by atoms with Gasteiger partial charge in [-0.1, -0.05) is 18.2 Å². The first-order valence-corrected chi connectivity index (χ1v) is 3.52. The minimum atomic E-state index is 1.09. The van der Waals surface area contributed by atoms with Gasteiger partial charge in [-0.3, -0.25) is 0 Å². The summed E-state index contributed by atoms with van der Waals surface area (Å²) in [4.78, 5) is 0. The molecule has 0 amide bonds. The molecule has 0 bridgehead atoms. The Labute approximate surface area is 60.6 Å². The summed E-state index contributed by atoms with van der Waals surface area (Å²) in [5.41, 5.74) is 2.78. The summed E-state index contributed by atoms with van der Waals surface area (Å²) in [6, 6.07) is 8.49. The molecule has 1 aliphatic rings. The molecule has 0 radical (unpaired) electrons. The van der Waals surface area contributed by atoms with Gasteiger partial charge in [-0.15, -0.1) is 0 Å². The molecule has 1 heteroatoms. The number of hydrogen-bond acceptors (Lipinski definition) is 0. The lowest BCUT2D eigenvalue weighted by Gasteiger charge is -1.91. The summed E-state index contributed by atoms with van der Waals surface area (Å²) in [6.45, 7) is 0. The molecular weight excluding hydrogens is 122 g/mol. The van der Waals surface area contributed by atoms with Gasteiger partial charge in [-0.25, -0.2) is 4.58 Å². The van der Waals surface area contributed by atoms with Gasteiger partial charge in [0.25, 0.3) is 0 Å². The van der Waals surface area contributed by atoms with E-state index in [1.807, 2.05) is 0 Å². The van der Waals surface area contributed by atoms with Crippen LogP contribution in [0, 0.1) is 0 Å². The molecular formula is C9H10N+. The summed E-state index contributed by atoms with van der Waals surface area (Å²) in [5.74, 6) is 0. The first kappa shape index (κ1) is 5.66. The van der Waals surface area contributed by atoms with E-state index < -0.39 is 0 Å². The second-order valence-corrected chi connectivity index (χ2v) is 2.63. The molecule has 0 N–H and O–H groups in total. The largest absolute Gasteiger partial charge is 0.208 e. The zero-order chi connectivity index (χ0) is 6.97. The monoisotopic (exact) mass is 132 g/mol. The molecule has 1 aromatic rings. The third-order valence-electron chi connectivity index (χ3n) is 1.96. The number of hydrogen-bond donors (Lipinski definition) is 0. The van der Waals surface area contributed by atoms with Crippen molar-refractivity contribution in [2.75, 3.05) is 7.05 Å². The van der Waals surface area contributed by atoms with Gasteiger partial charge in [0, 0.05) is 11.6 Å². The van der Waals surface area contributed by atoms with E-state index in [2.05, 4.69) is 42.1 Å². The van der Waals surface area contributed by atoms with E-state index in [9.17, 15) is 0 Å². The number of para-hydroxylation sites is 1. The Morgan fingerprint density at radius 1 is 1.30 bits per heavy atom. The lowest BCUT2D eigenvalue weighted by atomic mass is 10.2. The molecule has 0 saturated carbocycles. The number of rotatable bonds is 0. The van der Waals surface area contributed by atoms with Gasteiger partial charge in [0.05, 0.1) is 6.42 Å². The lowest BCUT2D eigenvalue weighted by Crippen LogP contribution is -1.91. The lowest BCUT2D eigenvalue weighted by molar-refractivity contribution is -0.396. The summed E-state index contributed by atoms with van der Waals surface area (Å²) in [5, 5.41) is 0. The fourth-order valence-corrected chi connectivity index (χ4v) is 1.36. The molecule has 0 unspecified atom stereocenters. The average molecular weight is 132 g/mol. The van der Waals surface area contributed by atoms with Gasteiger partial charge in [0.2, 0.25) is 5.69 Å². The van der Waals surface area contributed by atoms with E-state index in [0.717, 1.165) is 6.42 Å². The molecule has 1 nitrogen and oxygen atoms in total. The molecule has 0 fully saturated rings. The zero-order valence-electron chi connectivity index (χ0n) is 6.04. The van der Waals surface area contributed by atoms with Crippen molar-refractivity contribution < 1.29 is 4.58 Å². The van der Waals surface area contributed by atoms with Crippen molar-refractivity contribution in [1.29, 1.82) is 0 Å². The van der Waals surface area contributed by atoms with Crippen LogP contribution in [0.1, 0.15) is 5.56 Å². The van der Waals surface area contributed by atoms with Crippen LogP contribution in [0.2, 0.25) is 0 Å². The molecule has 1 aromatic carbocycles. The van der Waals surface area contributed by atoms with Crippen LogP contribution in [-0.4, -0.2) is 17.8 Å². The summed E-state index contributed by atoms with van der Waals surface area (Å²) < 4.78 is 2.18. The maximum absolute atomic E-state index is 2.20. The van der Waals surface area contributed by atoms with E-state index in [-0.39, 0.29) is 0 Å². The molecule has 1 aliphatic heterocycles. The zero-order valence-corrected chi connectivity index (χ0v) is 6.04. The summed E-state index contributed by atoms with van der Waals surface area (Å²) in [7, 11) is 2.09. The minimum absolute atomic E-state index is 1.09. The number of nitrogens with zero attached hydrogens (tertiary/aromatic N) is 1. The normalized spacial score (nSPS) is 14.7. The first-order chi connectivity index (χ1) is 4.88. The van der Waals surface area contributed by atoms with Crippen molar-refractivity contribution in [3.63, 3.8) is 0 Å². The highest BCUT2D eigenvalue weighted by atomic mass is 15.0. The second kappa shape index (κ2) is 1.94. The van der Waals surface area contributed by atoms with Crippen molar-refractivity contribution in [3.05, 3.63) is 29.8 Å². The molecule has 1 heterocycles. The standard InChI is InChI=1S/C9H10N/c1-10-7-6-8-4-2-3-5-9(8)10/h2-5,7H,6H2,1H3/q+1. The highest BCUT2D eigenvalue weighted by Crippen LogP contribution is 2.20. The fraction of sp³-hybridized carbons (Fsp3) is 0.222. The molecule has 0 aromatic heterocycles. The van der Waals surface area contributed by atoms with Gasteiger partial charge in [-0.2, -0.15) is 0 Å². The first-order valence-electron chi connectivity index (χ1n) is 3.52. The molecule has 0 aliphatic carbocycles. The van der Waals surface area contributed by atoms with Gasteiger partial charge in [-0.05, 0) is 0 Å². The van der Waals surface area contributed by atoms with E-state index in [0.29, 0.717) is 0 Å². The van der Waals surface area contributed by atoms with Crippen molar-refractivity contribution in [2.24, 2.45) is 0 Å². The van der Waals surface area contributed by atoms with E-state index in [1.54, 1.807) is 0 Å². The third-order valence-corrected chi connectivity index (χ3v) is 1.96. The van der Waals surface area contributed by atoms with Gasteiger partial charge < -0.3 is 0 Å².